The van der Waals surface area contributed by atoms with Crippen LogP contribution in [0.1, 0.15) is 18.1 Å². The van der Waals surface area contributed by atoms with Gasteiger partial charge in [-0.1, -0.05) is 41.7 Å². The predicted molar refractivity (Wildman–Crippen MR) is 101 cm³/mol. The Hall–Kier alpha value is -2.93. The first-order valence-corrected chi connectivity index (χ1v) is 8.60. The molecule has 7 heteroatoms. The lowest BCUT2D eigenvalue weighted by molar-refractivity contribution is -0.114. The number of nitrogens with zero attached hydrogens (tertiary/aromatic N) is 1. The molecular formula is C18H18N4O2S. The van der Waals surface area contributed by atoms with Gasteiger partial charge in [0, 0.05) is 19.2 Å². The predicted octanol–water partition coefficient (Wildman–Crippen LogP) is 3.88. The monoisotopic (exact) mass is 354 g/mol. The zero-order valence-electron chi connectivity index (χ0n) is 13.9. The maximum absolute atomic E-state index is 12.1. The molecule has 1 aromatic heterocycles. The summed E-state index contributed by atoms with van der Waals surface area (Å²) in [6.45, 7) is 3.83. The van der Waals surface area contributed by atoms with Crippen molar-refractivity contribution < 1.29 is 9.59 Å². The van der Waals surface area contributed by atoms with E-state index in [2.05, 4.69) is 20.9 Å². The fourth-order valence-electron chi connectivity index (χ4n) is 2.43. The molecule has 1 heterocycles. The third kappa shape index (κ3) is 4.33. The third-order valence-electron chi connectivity index (χ3n) is 3.52. The molecule has 0 saturated carbocycles. The molecule has 3 rings (SSSR count). The van der Waals surface area contributed by atoms with E-state index >= 15 is 0 Å². The molecule has 0 aliphatic rings. The van der Waals surface area contributed by atoms with Crippen molar-refractivity contribution in [1.29, 1.82) is 0 Å². The second-order valence-electron chi connectivity index (χ2n) is 5.63. The summed E-state index contributed by atoms with van der Waals surface area (Å²) in [5, 5.41) is 8.90. The lowest BCUT2D eigenvalue weighted by Gasteiger charge is -2.08. The Morgan fingerprint density at radius 3 is 2.60 bits per heavy atom. The zero-order chi connectivity index (χ0) is 17.8. The Balaban J connectivity index is 1.70. The SMILES string of the molecule is CC(=O)Nc1nc2c(C)cc(NC(=O)NCc3ccccc3)cc2s1. The molecule has 0 spiro atoms. The van der Waals surface area contributed by atoms with E-state index in [1.165, 1.54) is 18.3 Å². The highest BCUT2D eigenvalue weighted by atomic mass is 32.1. The third-order valence-corrected chi connectivity index (χ3v) is 4.44. The second kappa shape index (κ2) is 7.31. The summed E-state index contributed by atoms with van der Waals surface area (Å²) in [5.74, 6) is -0.157. The van der Waals surface area contributed by atoms with Crippen LogP contribution in [0.5, 0.6) is 0 Å². The van der Waals surface area contributed by atoms with Crippen LogP contribution in [0.4, 0.5) is 15.6 Å². The van der Waals surface area contributed by atoms with Crippen LogP contribution in [-0.2, 0) is 11.3 Å². The number of benzene rings is 2. The van der Waals surface area contributed by atoms with Crippen molar-refractivity contribution in [2.75, 3.05) is 10.6 Å². The number of anilines is 2. The lowest BCUT2D eigenvalue weighted by Crippen LogP contribution is -2.28. The summed E-state index contributed by atoms with van der Waals surface area (Å²) in [4.78, 5) is 27.7. The van der Waals surface area contributed by atoms with E-state index in [-0.39, 0.29) is 11.9 Å². The van der Waals surface area contributed by atoms with Crippen molar-refractivity contribution in [3.05, 3.63) is 53.6 Å². The molecule has 0 saturated heterocycles. The smallest absolute Gasteiger partial charge is 0.319 e. The van der Waals surface area contributed by atoms with Crippen molar-refractivity contribution >= 4 is 44.3 Å². The summed E-state index contributed by atoms with van der Waals surface area (Å²) in [7, 11) is 0. The molecule has 3 amide bonds. The molecule has 6 nitrogen and oxygen atoms in total. The molecular weight excluding hydrogens is 336 g/mol. The van der Waals surface area contributed by atoms with Crippen molar-refractivity contribution in [2.24, 2.45) is 0 Å². The Morgan fingerprint density at radius 2 is 1.88 bits per heavy atom. The highest BCUT2D eigenvalue weighted by molar-refractivity contribution is 7.22. The van der Waals surface area contributed by atoms with E-state index in [0.717, 1.165) is 21.3 Å². The molecule has 0 radical (unpaired) electrons. The molecule has 0 aliphatic carbocycles. The van der Waals surface area contributed by atoms with Crippen molar-refractivity contribution in [3.8, 4) is 0 Å². The van der Waals surface area contributed by atoms with Crippen LogP contribution >= 0.6 is 11.3 Å². The maximum atomic E-state index is 12.1. The average molecular weight is 354 g/mol. The number of nitrogens with one attached hydrogen (secondary N) is 3. The first kappa shape index (κ1) is 16.9. The minimum absolute atomic E-state index is 0.157. The standard InChI is InChI=1S/C18H18N4O2S/c1-11-8-14(9-15-16(11)22-18(25-15)20-12(2)23)21-17(24)19-10-13-6-4-3-5-7-13/h3-9H,10H2,1-2H3,(H2,19,21,24)(H,20,22,23). The average Bonchev–Trinajstić information content (AvgIpc) is 2.96. The second-order valence-corrected chi connectivity index (χ2v) is 6.66. The van der Waals surface area contributed by atoms with E-state index in [4.69, 9.17) is 0 Å². The summed E-state index contributed by atoms with van der Waals surface area (Å²) < 4.78 is 0.905. The number of thiazole rings is 1. The van der Waals surface area contributed by atoms with E-state index in [1.807, 2.05) is 49.4 Å². The Morgan fingerprint density at radius 1 is 1.12 bits per heavy atom. The highest BCUT2D eigenvalue weighted by Gasteiger charge is 2.10. The van der Waals surface area contributed by atoms with Crippen LogP contribution in [0.3, 0.4) is 0 Å². The Kier molecular flexibility index (Phi) is 4.95. The first-order chi connectivity index (χ1) is 12.0. The number of fused-ring (bicyclic) bond motifs is 1. The van der Waals surface area contributed by atoms with Gasteiger partial charge in [0.1, 0.15) is 0 Å². The zero-order valence-corrected chi connectivity index (χ0v) is 14.7. The van der Waals surface area contributed by atoms with E-state index < -0.39 is 0 Å². The van der Waals surface area contributed by atoms with Gasteiger partial charge in [-0.15, -0.1) is 0 Å². The van der Waals surface area contributed by atoms with E-state index in [0.29, 0.717) is 17.4 Å². The molecule has 25 heavy (non-hydrogen) atoms. The molecule has 0 bridgehead atoms. The van der Waals surface area contributed by atoms with Crippen molar-refractivity contribution in [2.45, 2.75) is 20.4 Å². The topological polar surface area (TPSA) is 83.1 Å². The molecule has 0 fully saturated rings. The summed E-state index contributed by atoms with van der Waals surface area (Å²) >= 11 is 1.38. The molecule has 3 aromatic rings. The van der Waals surface area contributed by atoms with Gasteiger partial charge in [0.05, 0.1) is 10.2 Å². The van der Waals surface area contributed by atoms with E-state index in [1.54, 1.807) is 0 Å². The highest BCUT2D eigenvalue weighted by Crippen LogP contribution is 2.31. The molecule has 0 atom stereocenters. The van der Waals surface area contributed by atoms with Crippen molar-refractivity contribution in [3.63, 3.8) is 0 Å². The number of urea groups is 1. The van der Waals surface area contributed by atoms with Gasteiger partial charge in [-0.05, 0) is 30.2 Å². The number of aryl methyl sites for hydroxylation is 1. The van der Waals surface area contributed by atoms with Crippen LogP contribution < -0.4 is 16.0 Å². The molecule has 2 aromatic carbocycles. The van der Waals surface area contributed by atoms with Crippen LogP contribution in [0.15, 0.2) is 42.5 Å². The van der Waals surface area contributed by atoms with Gasteiger partial charge in [0.15, 0.2) is 5.13 Å². The largest absolute Gasteiger partial charge is 0.334 e. The summed E-state index contributed by atoms with van der Waals surface area (Å²) in [6, 6.07) is 13.2. The van der Waals surface area contributed by atoms with Crippen LogP contribution in [0, 0.1) is 6.92 Å². The van der Waals surface area contributed by atoms with Gasteiger partial charge < -0.3 is 16.0 Å². The molecule has 0 unspecified atom stereocenters. The summed E-state index contributed by atoms with van der Waals surface area (Å²) in [5.41, 5.74) is 3.48. The minimum Gasteiger partial charge on any atom is -0.334 e. The summed E-state index contributed by atoms with van der Waals surface area (Å²) in [6.07, 6.45) is 0. The van der Waals surface area contributed by atoms with Gasteiger partial charge in [0.2, 0.25) is 5.91 Å². The van der Waals surface area contributed by atoms with Crippen LogP contribution in [0.2, 0.25) is 0 Å². The van der Waals surface area contributed by atoms with E-state index in [9.17, 15) is 9.59 Å². The number of rotatable bonds is 4. The van der Waals surface area contributed by atoms with Crippen LogP contribution in [-0.4, -0.2) is 16.9 Å². The molecule has 3 N–H and O–H groups in total. The van der Waals surface area contributed by atoms with Gasteiger partial charge in [-0.2, -0.15) is 0 Å². The first-order valence-electron chi connectivity index (χ1n) is 7.79. The van der Waals surface area contributed by atoms with Crippen molar-refractivity contribution in [1.82, 2.24) is 10.3 Å². The van der Waals surface area contributed by atoms with Gasteiger partial charge in [-0.25, -0.2) is 9.78 Å². The fraction of sp³-hybridized carbons (Fsp3) is 0.167. The number of hydrogen-bond donors (Lipinski definition) is 3. The van der Waals surface area contributed by atoms with Gasteiger partial charge >= 0.3 is 6.03 Å². The Labute approximate surface area is 149 Å². The molecule has 0 aliphatic heterocycles. The minimum atomic E-state index is -0.269. The number of hydrogen-bond acceptors (Lipinski definition) is 4. The van der Waals surface area contributed by atoms with Gasteiger partial charge in [-0.3, -0.25) is 4.79 Å². The van der Waals surface area contributed by atoms with Gasteiger partial charge in [0.25, 0.3) is 0 Å². The maximum Gasteiger partial charge on any atom is 0.319 e. The quantitative estimate of drug-likeness (QED) is 0.665. The lowest BCUT2D eigenvalue weighted by atomic mass is 10.2. The number of aromatic nitrogens is 1. The molecule has 128 valence electrons. The number of carbonyl (C=O) groups is 2. The fourth-order valence-corrected chi connectivity index (χ4v) is 3.46. The number of amides is 3. The number of carbonyl (C=O) groups excluding carboxylic acids is 2. The van der Waals surface area contributed by atoms with Crippen LogP contribution in [0.25, 0.3) is 10.2 Å². The Bertz CT molecular complexity index is 921. The normalized spacial score (nSPS) is 10.5.